The van der Waals surface area contributed by atoms with Crippen molar-refractivity contribution in [3.63, 3.8) is 0 Å². The third-order valence-electron chi connectivity index (χ3n) is 3.38. The van der Waals surface area contributed by atoms with Gasteiger partial charge in [0.15, 0.2) is 0 Å². The maximum absolute atomic E-state index is 6.20. The molecule has 0 bridgehead atoms. The molecule has 3 rings (SSSR count). The van der Waals surface area contributed by atoms with E-state index in [1.54, 1.807) is 0 Å². The Morgan fingerprint density at radius 2 is 2.00 bits per heavy atom. The Morgan fingerprint density at radius 3 is 2.61 bits per heavy atom. The molecular weight excluding hydrogens is 271 g/mol. The lowest BCUT2D eigenvalue weighted by Crippen LogP contribution is -1.90. The molecule has 94 valence electrons. The molecule has 1 saturated carbocycles. The first-order valence-electron chi connectivity index (χ1n) is 5.91. The van der Waals surface area contributed by atoms with Gasteiger partial charge >= 0.3 is 0 Å². The quantitative estimate of drug-likeness (QED) is 0.798. The van der Waals surface area contributed by atoms with Crippen LogP contribution in [0.15, 0.2) is 34.9 Å². The van der Waals surface area contributed by atoms with E-state index in [1.807, 2.05) is 30.3 Å². The number of benzene rings is 1. The zero-order chi connectivity index (χ0) is 12.8. The Hall–Kier alpha value is -1.06. The maximum Gasteiger partial charge on any atom is 0.233 e. The van der Waals surface area contributed by atoms with E-state index in [4.69, 9.17) is 27.7 Å². The van der Waals surface area contributed by atoms with Gasteiger partial charge in [0.2, 0.25) is 11.7 Å². The summed E-state index contributed by atoms with van der Waals surface area (Å²) in [5.41, 5.74) is 0.927. The molecule has 18 heavy (non-hydrogen) atoms. The van der Waals surface area contributed by atoms with Gasteiger partial charge in [-0.05, 0) is 6.42 Å². The van der Waals surface area contributed by atoms with E-state index in [-0.39, 0.29) is 11.8 Å². The summed E-state index contributed by atoms with van der Waals surface area (Å²) < 4.78 is 4.53. The Balaban J connectivity index is 1.88. The van der Waals surface area contributed by atoms with Gasteiger partial charge in [0.25, 0.3) is 0 Å². The summed E-state index contributed by atoms with van der Waals surface area (Å²) in [6.07, 6.45) is 0.903. The molecular formula is C13H12Cl2N2O. The summed E-state index contributed by atoms with van der Waals surface area (Å²) in [5, 5.41) is 3.98. The fraction of sp³-hybridized carbons (Fsp3) is 0.385. The van der Waals surface area contributed by atoms with Crippen LogP contribution in [-0.4, -0.2) is 14.5 Å². The number of aromatic nitrogens is 2. The third kappa shape index (κ3) is 1.82. The van der Waals surface area contributed by atoms with Gasteiger partial charge in [-0.25, -0.2) is 0 Å². The minimum absolute atomic E-state index is 0.0456. The Kier molecular flexibility index (Phi) is 2.83. The van der Waals surface area contributed by atoms with Crippen molar-refractivity contribution in [2.45, 2.75) is 23.6 Å². The summed E-state index contributed by atoms with van der Waals surface area (Å²) in [6, 6.07) is 9.69. The maximum atomic E-state index is 6.20. The smallest absolute Gasteiger partial charge is 0.233 e. The van der Waals surface area contributed by atoms with Gasteiger partial charge < -0.3 is 4.52 Å². The highest BCUT2D eigenvalue weighted by atomic mass is 35.5. The van der Waals surface area contributed by atoms with E-state index in [9.17, 15) is 0 Å². The fourth-order valence-electron chi connectivity index (χ4n) is 2.30. The number of nitrogens with zero attached hydrogens (tertiary/aromatic N) is 2. The van der Waals surface area contributed by atoms with Crippen LogP contribution in [0.4, 0.5) is 0 Å². The number of alkyl halides is 2. The van der Waals surface area contributed by atoms with Crippen molar-refractivity contribution in [1.29, 1.82) is 0 Å². The van der Waals surface area contributed by atoms with Crippen LogP contribution < -0.4 is 0 Å². The molecule has 1 aromatic carbocycles. The summed E-state index contributed by atoms with van der Waals surface area (Å²) in [6.45, 7) is 2.05. The number of hydrogen-bond acceptors (Lipinski definition) is 3. The lowest BCUT2D eigenvalue weighted by atomic mass is 10.2. The largest absolute Gasteiger partial charge is 0.339 e. The second-order valence-corrected chi connectivity index (χ2v) is 5.93. The van der Waals surface area contributed by atoms with E-state index >= 15 is 0 Å². The second-order valence-electron chi connectivity index (χ2n) is 4.49. The molecule has 0 spiro atoms. The molecule has 0 aliphatic heterocycles. The van der Waals surface area contributed by atoms with Crippen molar-refractivity contribution in [2.24, 2.45) is 5.92 Å². The minimum Gasteiger partial charge on any atom is -0.339 e. The van der Waals surface area contributed by atoms with Crippen molar-refractivity contribution >= 4 is 23.2 Å². The normalized spacial score (nSPS) is 25.1. The van der Waals surface area contributed by atoms with Crippen LogP contribution >= 0.6 is 23.2 Å². The van der Waals surface area contributed by atoms with Crippen molar-refractivity contribution in [3.05, 3.63) is 36.2 Å². The van der Waals surface area contributed by atoms with Crippen LogP contribution in [-0.2, 0) is 0 Å². The van der Waals surface area contributed by atoms with Gasteiger partial charge in [0.1, 0.15) is 4.33 Å². The average Bonchev–Trinajstić information content (AvgIpc) is 2.77. The van der Waals surface area contributed by atoms with Crippen LogP contribution in [0.2, 0.25) is 0 Å². The molecule has 0 saturated heterocycles. The van der Waals surface area contributed by atoms with Gasteiger partial charge in [-0.15, -0.1) is 23.2 Å². The number of rotatable bonds is 3. The summed E-state index contributed by atoms with van der Waals surface area (Å²) in [5.74, 6) is 1.27. The van der Waals surface area contributed by atoms with Crippen LogP contribution in [0.3, 0.4) is 0 Å². The van der Waals surface area contributed by atoms with E-state index in [2.05, 4.69) is 17.1 Å². The molecule has 1 heterocycles. The second kappa shape index (κ2) is 4.25. The molecule has 3 nitrogen and oxygen atoms in total. The highest BCUT2D eigenvalue weighted by Crippen LogP contribution is 2.65. The van der Waals surface area contributed by atoms with Crippen LogP contribution in [0.5, 0.6) is 0 Å². The predicted molar refractivity (Wildman–Crippen MR) is 70.7 cm³/mol. The number of halogens is 2. The highest BCUT2D eigenvalue weighted by Gasteiger charge is 2.65. The molecule has 0 radical (unpaired) electrons. The van der Waals surface area contributed by atoms with Crippen LogP contribution in [0.25, 0.3) is 11.4 Å². The fourth-order valence-corrected chi connectivity index (χ4v) is 3.23. The summed E-state index contributed by atoms with van der Waals surface area (Å²) in [7, 11) is 0. The lowest BCUT2D eigenvalue weighted by molar-refractivity contribution is 0.375. The molecule has 1 aromatic heterocycles. The van der Waals surface area contributed by atoms with Crippen molar-refractivity contribution in [3.8, 4) is 11.4 Å². The monoisotopic (exact) mass is 282 g/mol. The lowest BCUT2D eigenvalue weighted by Gasteiger charge is -1.92. The molecule has 2 aromatic rings. The highest BCUT2D eigenvalue weighted by molar-refractivity contribution is 6.51. The topological polar surface area (TPSA) is 38.9 Å². The summed E-state index contributed by atoms with van der Waals surface area (Å²) in [4.78, 5) is 4.39. The van der Waals surface area contributed by atoms with E-state index < -0.39 is 4.33 Å². The van der Waals surface area contributed by atoms with Gasteiger partial charge in [-0.2, -0.15) is 4.98 Å². The van der Waals surface area contributed by atoms with Gasteiger partial charge in [0, 0.05) is 11.5 Å². The van der Waals surface area contributed by atoms with E-state index in [1.165, 1.54) is 0 Å². The predicted octanol–water partition coefficient (Wildman–Crippen LogP) is 4.03. The summed E-state index contributed by atoms with van der Waals surface area (Å²) >= 11 is 12.4. The number of hydrogen-bond donors (Lipinski definition) is 0. The molecule has 2 atom stereocenters. The average molecular weight is 283 g/mol. The molecule has 2 unspecified atom stereocenters. The first-order chi connectivity index (χ1) is 8.64. The van der Waals surface area contributed by atoms with Crippen molar-refractivity contribution < 1.29 is 4.52 Å². The molecule has 0 N–H and O–H groups in total. The molecule has 5 heteroatoms. The zero-order valence-electron chi connectivity index (χ0n) is 9.81. The van der Waals surface area contributed by atoms with Crippen LogP contribution in [0, 0.1) is 5.92 Å². The van der Waals surface area contributed by atoms with E-state index in [0.717, 1.165) is 12.0 Å². The molecule has 1 aliphatic carbocycles. The standard InChI is InChI=1S/C13H12Cl2N2O/c1-2-9-10(13(9,14)15)12-16-11(17-18-12)8-6-4-3-5-7-8/h3-7,9-10H,2H2,1H3. The molecule has 0 amide bonds. The van der Waals surface area contributed by atoms with Crippen molar-refractivity contribution in [2.75, 3.05) is 0 Å². The Labute approximate surface area is 115 Å². The van der Waals surface area contributed by atoms with Gasteiger partial charge in [-0.3, -0.25) is 0 Å². The van der Waals surface area contributed by atoms with Gasteiger partial charge in [-0.1, -0.05) is 42.4 Å². The Morgan fingerprint density at radius 1 is 1.28 bits per heavy atom. The first-order valence-corrected chi connectivity index (χ1v) is 6.67. The molecule has 1 fully saturated rings. The SMILES string of the molecule is CCC1C(c2nc(-c3ccccc3)no2)C1(Cl)Cl. The minimum atomic E-state index is -0.755. The van der Waals surface area contributed by atoms with E-state index in [0.29, 0.717) is 11.7 Å². The first kappa shape index (κ1) is 12.0. The van der Waals surface area contributed by atoms with Crippen molar-refractivity contribution in [1.82, 2.24) is 10.1 Å². The van der Waals surface area contributed by atoms with Crippen LogP contribution in [0.1, 0.15) is 25.2 Å². The molecule has 1 aliphatic rings. The Bertz CT molecular complexity index is 553. The van der Waals surface area contributed by atoms with Gasteiger partial charge in [0.05, 0.1) is 5.92 Å². The zero-order valence-corrected chi connectivity index (χ0v) is 11.3. The third-order valence-corrected chi connectivity index (χ3v) is 4.41.